The van der Waals surface area contributed by atoms with E-state index in [1.165, 1.54) is 48.2 Å². The van der Waals surface area contributed by atoms with Crippen molar-refractivity contribution in [3.05, 3.63) is 53.0 Å². The van der Waals surface area contributed by atoms with E-state index >= 15 is 0 Å². The Labute approximate surface area is 172 Å². The van der Waals surface area contributed by atoms with Gasteiger partial charge in [-0.3, -0.25) is 4.68 Å². The third-order valence-corrected chi connectivity index (χ3v) is 7.26. The zero-order valence-corrected chi connectivity index (χ0v) is 18.9. The number of hydrogen-bond acceptors (Lipinski definition) is 3. The van der Waals surface area contributed by atoms with Gasteiger partial charge in [-0.15, -0.1) is 0 Å². The molecule has 5 heteroatoms. The van der Waals surface area contributed by atoms with Crippen LogP contribution < -0.4 is 5.73 Å². The molecule has 1 aromatic heterocycles. The maximum absolute atomic E-state index is 6.66. The molecule has 1 aromatic rings. The van der Waals surface area contributed by atoms with Crippen LogP contribution in [0.2, 0.25) is 0 Å². The van der Waals surface area contributed by atoms with Gasteiger partial charge in [0.15, 0.2) is 0 Å². The van der Waals surface area contributed by atoms with Crippen LogP contribution in [0.1, 0.15) is 76.6 Å². The predicted octanol–water partition coefficient (Wildman–Crippen LogP) is 4.83. The fourth-order valence-corrected chi connectivity index (χ4v) is 5.40. The van der Waals surface area contributed by atoms with Gasteiger partial charge in [0.25, 0.3) is 0 Å². The van der Waals surface area contributed by atoms with Crippen molar-refractivity contribution >= 4 is 9.39 Å². The number of hydrogen-bond donors (Lipinski definition) is 1. The molecule has 1 saturated heterocycles. The lowest BCUT2D eigenvalue weighted by atomic mass is 9.85. The maximum Gasteiger partial charge on any atom is 0.0658 e. The minimum absolute atomic E-state index is 0.0513. The summed E-state index contributed by atoms with van der Waals surface area (Å²) >= 11 is 0. The summed E-state index contributed by atoms with van der Waals surface area (Å²) in [4.78, 5) is 0. The van der Waals surface area contributed by atoms with E-state index in [1.807, 2.05) is 0 Å². The highest BCUT2D eigenvalue weighted by atomic mass is 31.0. The summed E-state index contributed by atoms with van der Waals surface area (Å²) in [5.41, 5.74) is 12.7. The molecule has 0 aromatic carbocycles. The SMILES string of the molecule is C=C1C2=CC(N)C(c3cc(C4CCC(CC)C4)nn3C(C)(C)C)C=C2CN1P. The number of allylic oxidation sites excluding steroid dienone is 1. The molecule has 0 radical (unpaired) electrons. The molecule has 2 fully saturated rings. The highest BCUT2D eigenvalue weighted by Crippen LogP contribution is 2.43. The Bertz CT molecular complexity index is 841. The van der Waals surface area contributed by atoms with Crippen LogP contribution in [0.3, 0.4) is 0 Å². The van der Waals surface area contributed by atoms with E-state index in [0.29, 0.717) is 5.92 Å². The molecule has 2 aliphatic carbocycles. The Morgan fingerprint density at radius 2 is 2.04 bits per heavy atom. The van der Waals surface area contributed by atoms with E-state index in [4.69, 9.17) is 10.8 Å². The van der Waals surface area contributed by atoms with Crippen molar-refractivity contribution in [2.75, 3.05) is 6.54 Å². The largest absolute Gasteiger partial charge is 0.352 e. The highest BCUT2D eigenvalue weighted by molar-refractivity contribution is 7.13. The minimum atomic E-state index is -0.0650. The Balaban J connectivity index is 1.71. The first-order chi connectivity index (χ1) is 13.2. The van der Waals surface area contributed by atoms with E-state index in [1.54, 1.807) is 0 Å². The van der Waals surface area contributed by atoms with Gasteiger partial charge in [-0.1, -0.05) is 32.1 Å². The standard InChI is InChI=1S/C23H35N4P/c1-6-15-7-8-16(9-15)21-12-22(27(25-21)23(3,4)5)19-10-17-13-26(28)14(2)18(17)11-20(19)24/h10-12,15-16,19-20H,2,6-9,13,24,28H2,1,3-5H3. The van der Waals surface area contributed by atoms with Crippen LogP contribution in [-0.2, 0) is 5.54 Å². The van der Waals surface area contributed by atoms with Crippen LogP contribution in [0.15, 0.2) is 41.6 Å². The van der Waals surface area contributed by atoms with Gasteiger partial charge in [-0.05, 0) is 72.6 Å². The maximum atomic E-state index is 6.66. The van der Waals surface area contributed by atoms with Crippen LogP contribution in [0.5, 0.6) is 0 Å². The number of nitrogens with zero attached hydrogens (tertiary/aromatic N) is 3. The normalized spacial score (nSPS) is 30.5. The van der Waals surface area contributed by atoms with Crippen LogP contribution in [0.25, 0.3) is 0 Å². The number of aromatic nitrogens is 2. The van der Waals surface area contributed by atoms with E-state index < -0.39 is 0 Å². The fourth-order valence-electron chi connectivity index (χ4n) is 5.06. The molecular weight excluding hydrogens is 363 g/mol. The first-order valence-corrected chi connectivity index (χ1v) is 11.2. The number of fused-ring (bicyclic) bond motifs is 1. The van der Waals surface area contributed by atoms with Gasteiger partial charge in [0, 0.05) is 35.8 Å². The number of nitrogens with two attached hydrogens (primary N) is 1. The van der Waals surface area contributed by atoms with Gasteiger partial charge in [0.1, 0.15) is 0 Å². The molecule has 1 aliphatic heterocycles. The van der Waals surface area contributed by atoms with Crippen LogP contribution >= 0.6 is 9.39 Å². The van der Waals surface area contributed by atoms with E-state index in [-0.39, 0.29) is 17.5 Å². The van der Waals surface area contributed by atoms with E-state index in [9.17, 15) is 0 Å². The summed E-state index contributed by atoms with van der Waals surface area (Å²) in [6.45, 7) is 14.1. The summed E-state index contributed by atoms with van der Waals surface area (Å²) in [6, 6.07) is 2.31. The van der Waals surface area contributed by atoms with Crippen molar-refractivity contribution in [3.8, 4) is 0 Å². The molecule has 0 spiro atoms. The molecule has 2 heterocycles. The first-order valence-electron chi connectivity index (χ1n) is 10.7. The molecule has 3 aliphatic rings. The average molecular weight is 399 g/mol. The Morgan fingerprint density at radius 1 is 1.29 bits per heavy atom. The molecular formula is C23H35N4P. The molecule has 5 unspecified atom stereocenters. The Morgan fingerprint density at radius 3 is 2.68 bits per heavy atom. The second kappa shape index (κ2) is 7.15. The zero-order chi connectivity index (χ0) is 20.2. The predicted molar refractivity (Wildman–Crippen MR) is 120 cm³/mol. The van der Waals surface area contributed by atoms with E-state index in [0.717, 1.165) is 18.2 Å². The van der Waals surface area contributed by atoms with Gasteiger partial charge in [-0.25, -0.2) is 0 Å². The molecule has 0 bridgehead atoms. The topological polar surface area (TPSA) is 47.1 Å². The van der Waals surface area contributed by atoms with Gasteiger partial charge in [0.05, 0.1) is 11.2 Å². The van der Waals surface area contributed by atoms with E-state index in [2.05, 4.69) is 71.2 Å². The van der Waals surface area contributed by atoms with Crippen molar-refractivity contribution in [1.29, 1.82) is 0 Å². The van der Waals surface area contributed by atoms with Crippen LogP contribution in [-0.4, -0.2) is 27.0 Å². The molecule has 4 nitrogen and oxygen atoms in total. The molecule has 28 heavy (non-hydrogen) atoms. The third-order valence-electron chi connectivity index (χ3n) is 6.77. The van der Waals surface area contributed by atoms with Crippen molar-refractivity contribution in [2.24, 2.45) is 11.7 Å². The molecule has 2 N–H and O–H groups in total. The second-order valence-corrected chi connectivity index (χ2v) is 10.4. The zero-order valence-electron chi connectivity index (χ0n) is 17.8. The lowest BCUT2D eigenvalue weighted by Crippen LogP contribution is -2.33. The third kappa shape index (κ3) is 3.39. The van der Waals surface area contributed by atoms with Crippen molar-refractivity contribution < 1.29 is 0 Å². The van der Waals surface area contributed by atoms with Crippen molar-refractivity contribution in [3.63, 3.8) is 0 Å². The average Bonchev–Trinajstić information content (AvgIpc) is 3.33. The molecule has 4 rings (SSSR count). The summed E-state index contributed by atoms with van der Waals surface area (Å²) in [5.74, 6) is 1.61. The van der Waals surface area contributed by atoms with Crippen LogP contribution in [0.4, 0.5) is 0 Å². The highest BCUT2D eigenvalue weighted by Gasteiger charge is 2.35. The fraction of sp³-hybridized carbons (Fsp3) is 0.609. The summed E-state index contributed by atoms with van der Waals surface area (Å²) in [7, 11) is 2.76. The minimum Gasteiger partial charge on any atom is -0.352 e. The summed E-state index contributed by atoms with van der Waals surface area (Å²) in [5, 5.41) is 5.14. The Hall–Kier alpha value is -1.38. The van der Waals surface area contributed by atoms with Gasteiger partial charge >= 0.3 is 0 Å². The monoisotopic (exact) mass is 398 g/mol. The lowest BCUT2D eigenvalue weighted by molar-refractivity contribution is 0.334. The van der Waals surface area contributed by atoms with Crippen molar-refractivity contribution in [1.82, 2.24) is 14.5 Å². The molecule has 5 atom stereocenters. The Kier molecular flexibility index (Phi) is 5.08. The lowest BCUT2D eigenvalue weighted by Gasteiger charge is -2.29. The number of rotatable bonds is 3. The van der Waals surface area contributed by atoms with Gasteiger partial charge in [0.2, 0.25) is 0 Å². The summed E-state index contributed by atoms with van der Waals surface area (Å²) in [6.07, 6.45) is 9.73. The first kappa shape index (κ1) is 19.9. The summed E-state index contributed by atoms with van der Waals surface area (Å²) < 4.78 is 4.37. The van der Waals surface area contributed by atoms with Gasteiger partial charge < -0.3 is 10.4 Å². The smallest absolute Gasteiger partial charge is 0.0658 e. The van der Waals surface area contributed by atoms with Gasteiger partial charge in [-0.2, -0.15) is 5.10 Å². The molecule has 0 amide bonds. The molecule has 1 saturated carbocycles. The molecule has 152 valence electrons. The quantitative estimate of drug-likeness (QED) is 0.742. The van der Waals surface area contributed by atoms with Crippen molar-refractivity contribution in [2.45, 2.75) is 76.8 Å². The van der Waals surface area contributed by atoms with Crippen LogP contribution in [0, 0.1) is 5.92 Å². The second-order valence-electron chi connectivity index (χ2n) is 9.81.